The summed E-state index contributed by atoms with van der Waals surface area (Å²) in [5.74, 6) is 0.596. The van der Waals surface area contributed by atoms with Gasteiger partial charge in [0.05, 0.1) is 28.8 Å². The third kappa shape index (κ3) is 6.30. The van der Waals surface area contributed by atoms with Crippen LogP contribution in [0.4, 0.5) is 5.69 Å². The molecule has 0 spiro atoms. The van der Waals surface area contributed by atoms with Crippen LogP contribution in [-0.2, 0) is 14.8 Å². The lowest BCUT2D eigenvalue weighted by Crippen LogP contribution is -2.42. The molecule has 8 heteroatoms. The normalized spacial score (nSPS) is 12.3. The van der Waals surface area contributed by atoms with Gasteiger partial charge in [-0.25, -0.2) is 8.42 Å². The molecule has 3 rings (SSSR count). The molecule has 3 aromatic carbocycles. The molecule has 34 heavy (non-hydrogen) atoms. The van der Waals surface area contributed by atoms with Crippen LogP contribution in [0.3, 0.4) is 0 Å². The Labute approximate surface area is 206 Å². The first-order valence-corrected chi connectivity index (χ1v) is 12.8. The number of sulfonamides is 1. The molecule has 3 aromatic rings. The summed E-state index contributed by atoms with van der Waals surface area (Å²) in [6, 6.07) is 21.8. The molecule has 1 amide bonds. The van der Waals surface area contributed by atoms with Gasteiger partial charge in [-0.3, -0.25) is 9.10 Å². The van der Waals surface area contributed by atoms with Crippen molar-refractivity contribution in [2.45, 2.75) is 31.2 Å². The number of benzene rings is 3. The maximum atomic E-state index is 13.5. The van der Waals surface area contributed by atoms with Crippen LogP contribution in [0, 0.1) is 5.92 Å². The van der Waals surface area contributed by atoms with Crippen LogP contribution >= 0.6 is 11.6 Å². The lowest BCUT2D eigenvalue weighted by atomic mass is 9.97. The van der Waals surface area contributed by atoms with Gasteiger partial charge < -0.3 is 10.1 Å². The molecule has 0 bridgehead atoms. The van der Waals surface area contributed by atoms with Gasteiger partial charge >= 0.3 is 0 Å². The third-order valence-electron chi connectivity index (χ3n) is 5.30. The zero-order valence-corrected chi connectivity index (χ0v) is 21.0. The number of carbonyl (C=O) groups is 1. The molecule has 0 unspecified atom stereocenters. The zero-order chi connectivity index (χ0) is 24.7. The largest absolute Gasteiger partial charge is 0.497 e. The first-order chi connectivity index (χ1) is 16.2. The van der Waals surface area contributed by atoms with Crippen molar-refractivity contribution >= 4 is 33.2 Å². The Morgan fingerprint density at radius 2 is 1.59 bits per heavy atom. The van der Waals surface area contributed by atoms with E-state index in [4.69, 9.17) is 16.3 Å². The van der Waals surface area contributed by atoms with Gasteiger partial charge in [-0.05, 0) is 54.3 Å². The van der Waals surface area contributed by atoms with Crippen LogP contribution in [0.15, 0.2) is 83.8 Å². The molecule has 0 heterocycles. The summed E-state index contributed by atoms with van der Waals surface area (Å²) in [4.78, 5) is 13.3. The van der Waals surface area contributed by atoms with Gasteiger partial charge in [0, 0.05) is 0 Å². The van der Waals surface area contributed by atoms with Crippen molar-refractivity contribution in [2.75, 3.05) is 18.0 Å². The predicted molar refractivity (Wildman–Crippen MR) is 136 cm³/mol. The monoisotopic (exact) mass is 500 g/mol. The van der Waals surface area contributed by atoms with Crippen molar-refractivity contribution < 1.29 is 17.9 Å². The van der Waals surface area contributed by atoms with Crippen molar-refractivity contribution in [1.29, 1.82) is 0 Å². The van der Waals surface area contributed by atoms with Crippen LogP contribution in [-0.4, -0.2) is 28.0 Å². The van der Waals surface area contributed by atoms with Crippen LogP contribution in [0.5, 0.6) is 5.75 Å². The van der Waals surface area contributed by atoms with E-state index in [1.165, 1.54) is 12.1 Å². The van der Waals surface area contributed by atoms with Gasteiger partial charge in [-0.1, -0.05) is 67.9 Å². The fourth-order valence-corrected chi connectivity index (χ4v) is 5.38. The molecule has 1 atom stereocenters. The van der Waals surface area contributed by atoms with Crippen molar-refractivity contribution in [3.8, 4) is 5.75 Å². The fraction of sp³-hybridized carbons (Fsp3) is 0.269. The molecule has 0 aromatic heterocycles. The highest BCUT2D eigenvalue weighted by Crippen LogP contribution is 2.30. The van der Waals surface area contributed by atoms with E-state index in [0.717, 1.165) is 15.6 Å². The van der Waals surface area contributed by atoms with Gasteiger partial charge in [-0.2, -0.15) is 0 Å². The standard InChI is InChI=1S/C26H29ClN2O4S/c1-19(2)17-24(20-13-15-21(33-3)16-14-20)28-26(30)18-29(25-12-8-7-11-23(25)27)34(31,32)22-9-5-4-6-10-22/h4-16,19,24H,17-18H2,1-3H3,(H,28,30)/t24-/m0/s1. The average molecular weight is 501 g/mol. The fourth-order valence-electron chi connectivity index (χ4n) is 3.63. The van der Waals surface area contributed by atoms with E-state index >= 15 is 0 Å². The van der Waals surface area contributed by atoms with Gasteiger partial charge in [-0.15, -0.1) is 0 Å². The summed E-state index contributed by atoms with van der Waals surface area (Å²) in [7, 11) is -2.44. The summed E-state index contributed by atoms with van der Waals surface area (Å²) in [6.07, 6.45) is 0.690. The van der Waals surface area contributed by atoms with E-state index in [0.29, 0.717) is 12.3 Å². The van der Waals surface area contributed by atoms with E-state index in [2.05, 4.69) is 19.2 Å². The van der Waals surface area contributed by atoms with E-state index in [1.54, 1.807) is 49.6 Å². The van der Waals surface area contributed by atoms with Crippen LogP contribution < -0.4 is 14.4 Å². The van der Waals surface area contributed by atoms with Crippen LogP contribution in [0.1, 0.15) is 31.9 Å². The summed E-state index contributed by atoms with van der Waals surface area (Å²) < 4.78 is 33.3. The van der Waals surface area contributed by atoms with E-state index in [9.17, 15) is 13.2 Å². The maximum absolute atomic E-state index is 13.5. The second kappa shape index (κ2) is 11.4. The average Bonchev–Trinajstić information content (AvgIpc) is 2.83. The first-order valence-electron chi connectivity index (χ1n) is 11.0. The Kier molecular flexibility index (Phi) is 8.58. The predicted octanol–water partition coefficient (Wildman–Crippen LogP) is 5.45. The Hall–Kier alpha value is -3.03. The van der Waals surface area contributed by atoms with Gasteiger partial charge in [0.15, 0.2) is 0 Å². The smallest absolute Gasteiger partial charge is 0.264 e. The first kappa shape index (κ1) is 25.6. The second-order valence-corrected chi connectivity index (χ2v) is 10.6. The molecule has 0 saturated carbocycles. The molecule has 1 N–H and O–H groups in total. The molecule has 0 saturated heterocycles. The third-order valence-corrected chi connectivity index (χ3v) is 7.39. The summed E-state index contributed by atoms with van der Waals surface area (Å²) in [5.41, 5.74) is 1.16. The van der Waals surface area contributed by atoms with E-state index < -0.39 is 22.5 Å². The lowest BCUT2D eigenvalue weighted by Gasteiger charge is -2.27. The number of hydrogen-bond donors (Lipinski definition) is 1. The number of ether oxygens (including phenoxy) is 1. The second-order valence-electron chi connectivity index (χ2n) is 8.30. The molecule has 180 valence electrons. The molecule has 6 nitrogen and oxygen atoms in total. The van der Waals surface area contributed by atoms with Crippen molar-refractivity contribution in [3.05, 3.63) is 89.4 Å². The Morgan fingerprint density at radius 3 is 2.18 bits per heavy atom. The molecular formula is C26H29ClN2O4S. The Bertz CT molecular complexity index is 1200. The van der Waals surface area contributed by atoms with Gasteiger partial charge in [0.2, 0.25) is 5.91 Å². The molecule has 0 fully saturated rings. The number of methoxy groups -OCH3 is 1. The number of para-hydroxylation sites is 1. The number of nitrogens with one attached hydrogen (secondary N) is 1. The molecule has 0 aliphatic carbocycles. The number of halogens is 1. The minimum absolute atomic E-state index is 0.0802. The van der Waals surface area contributed by atoms with Gasteiger partial charge in [0.25, 0.3) is 10.0 Å². The van der Waals surface area contributed by atoms with Crippen molar-refractivity contribution in [1.82, 2.24) is 5.32 Å². The number of hydrogen-bond acceptors (Lipinski definition) is 4. The maximum Gasteiger partial charge on any atom is 0.264 e. The minimum atomic E-state index is -4.03. The van der Waals surface area contributed by atoms with Crippen molar-refractivity contribution in [2.24, 2.45) is 5.92 Å². The van der Waals surface area contributed by atoms with Crippen LogP contribution in [0.25, 0.3) is 0 Å². The molecule has 0 radical (unpaired) electrons. The highest BCUT2D eigenvalue weighted by molar-refractivity contribution is 7.92. The number of amides is 1. The summed E-state index contributed by atoms with van der Waals surface area (Å²) in [5, 5.41) is 3.26. The number of rotatable bonds is 10. The van der Waals surface area contributed by atoms with E-state index in [1.807, 2.05) is 24.3 Å². The SMILES string of the molecule is COc1ccc([C@H](CC(C)C)NC(=O)CN(c2ccccc2Cl)S(=O)(=O)c2ccccc2)cc1. The van der Waals surface area contributed by atoms with Crippen molar-refractivity contribution in [3.63, 3.8) is 0 Å². The molecular weight excluding hydrogens is 472 g/mol. The minimum Gasteiger partial charge on any atom is -0.497 e. The summed E-state index contributed by atoms with van der Waals surface area (Å²) in [6.45, 7) is 3.73. The highest BCUT2D eigenvalue weighted by Gasteiger charge is 2.29. The zero-order valence-electron chi connectivity index (χ0n) is 19.4. The number of anilines is 1. The Morgan fingerprint density at radius 1 is 0.971 bits per heavy atom. The van der Waals surface area contributed by atoms with Crippen LogP contribution in [0.2, 0.25) is 5.02 Å². The van der Waals surface area contributed by atoms with E-state index in [-0.39, 0.29) is 21.6 Å². The lowest BCUT2D eigenvalue weighted by molar-refractivity contribution is -0.120. The quantitative estimate of drug-likeness (QED) is 0.401. The van der Waals surface area contributed by atoms with Gasteiger partial charge in [0.1, 0.15) is 12.3 Å². The molecule has 0 aliphatic rings. The number of carbonyl (C=O) groups excluding carboxylic acids is 1. The summed E-state index contributed by atoms with van der Waals surface area (Å²) >= 11 is 6.35. The highest BCUT2D eigenvalue weighted by atomic mass is 35.5. The topological polar surface area (TPSA) is 75.7 Å². The molecule has 0 aliphatic heterocycles. The number of nitrogens with zero attached hydrogens (tertiary/aromatic N) is 1. The Balaban J connectivity index is 1.91.